The van der Waals surface area contributed by atoms with Gasteiger partial charge in [0.1, 0.15) is 0 Å². The molecule has 0 atom stereocenters. The predicted molar refractivity (Wildman–Crippen MR) is 111 cm³/mol. The average Bonchev–Trinajstić information content (AvgIpc) is 3.10. The van der Waals surface area contributed by atoms with Gasteiger partial charge in [-0.1, -0.05) is 54.1 Å². The first-order chi connectivity index (χ1) is 13.2. The summed E-state index contributed by atoms with van der Waals surface area (Å²) in [7, 11) is 0. The molecule has 1 heterocycles. The summed E-state index contributed by atoms with van der Waals surface area (Å²) in [6.45, 7) is 2.14. The van der Waals surface area contributed by atoms with Crippen molar-refractivity contribution in [2.45, 2.75) is 13.3 Å². The molecule has 2 aromatic carbocycles. The van der Waals surface area contributed by atoms with Gasteiger partial charge in [-0.3, -0.25) is 10.2 Å². The van der Waals surface area contributed by atoms with Crippen LogP contribution in [0.25, 0.3) is 11.1 Å². The normalized spacial score (nSPS) is 10.9. The maximum Gasteiger partial charge on any atom is 0.311 e. The van der Waals surface area contributed by atoms with Gasteiger partial charge in [0, 0.05) is 21.5 Å². The van der Waals surface area contributed by atoms with Crippen molar-refractivity contribution in [3.8, 4) is 11.1 Å². The second-order valence-electron chi connectivity index (χ2n) is 5.56. The number of esters is 1. The van der Waals surface area contributed by atoms with Crippen molar-refractivity contribution in [1.29, 1.82) is 0 Å². The molecule has 0 aliphatic rings. The van der Waals surface area contributed by atoms with E-state index in [0.717, 1.165) is 16.7 Å². The molecule has 7 heteroatoms. The summed E-state index contributed by atoms with van der Waals surface area (Å²) in [4.78, 5) is 15.8. The maximum atomic E-state index is 11.5. The number of nitrogens with zero attached hydrogens (tertiary/aromatic N) is 2. The minimum atomic E-state index is -0.286. The lowest BCUT2D eigenvalue weighted by atomic mass is 10.0. The Balaban J connectivity index is 1.70. The summed E-state index contributed by atoms with van der Waals surface area (Å²) in [5.41, 5.74) is 6.44. The van der Waals surface area contributed by atoms with E-state index >= 15 is 0 Å². The zero-order valence-electron chi connectivity index (χ0n) is 14.7. The number of rotatable bonds is 7. The third-order valence-electron chi connectivity index (χ3n) is 3.67. The molecule has 0 amide bonds. The molecule has 1 aromatic heterocycles. The van der Waals surface area contributed by atoms with Crippen LogP contribution in [0.15, 0.2) is 59.0 Å². The van der Waals surface area contributed by atoms with E-state index in [-0.39, 0.29) is 12.4 Å². The van der Waals surface area contributed by atoms with E-state index in [9.17, 15) is 4.79 Å². The van der Waals surface area contributed by atoms with E-state index in [1.807, 2.05) is 53.9 Å². The summed E-state index contributed by atoms with van der Waals surface area (Å²) < 4.78 is 4.92. The summed E-state index contributed by atoms with van der Waals surface area (Å²) in [5.74, 6) is -0.286. The van der Waals surface area contributed by atoms with Gasteiger partial charge >= 0.3 is 5.97 Å². The number of nitrogens with one attached hydrogen (secondary N) is 1. The Hall–Kier alpha value is -2.70. The number of thiazole rings is 1. The molecular weight excluding hydrogens is 382 g/mol. The number of halogens is 1. The zero-order chi connectivity index (χ0) is 19.1. The van der Waals surface area contributed by atoms with Gasteiger partial charge in [0.15, 0.2) is 0 Å². The monoisotopic (exact) mass is 399 g/mol. The van der Waals surface area contributed by atoms with Crippen LogP contribution in [0.2, 0.25) is 5.02 Å². The number of carbonyl (C=O) groups excluding carboxylic acids is 1. The van der Waals surface area contributed by atoms with E-state index < -0.39 is 0 Å². The van der Waals surface area contributed by atoms with Crippen LogP contribution in [0.4, 0.5) is 5.13 Å². The molecule has 0 aliphatic carbocycles. The SMILES string of the molecule is CCOC(=O)Cc1csc(NN=Cc2ccccc2-c2ccccc2Cl)n1. The van der Waals surface area contributed by atoms with Crippen LogP contribution in [-0.4, -0.2) is 23.8 Å². The summed E-state index contributed by atoms with van der Waals surface area (Å²) >= 11 is 7.70. The van der Waals surface area contributed by atoms with Crippen molar-refractivity contribution >= 4 is 40.3 Å². The van der Waals surface area contributed by atoms with E-state index in [0.29, 0.717) is 22.5 Å². The summed E-state index contributed by atoms with van der Waals surface area (Å²) in [6.07, 6.45) is 1.89. The molecule has 0 saturated carbocycles. The Morgan fingerprint density at radius 1 is 1.22 bits per heavy atom. The molecule has 0 radical (unpaired) electrons. The van der Waals surface area contributed by atoms with Crippen LogP contribution in [0, 0.1) is 0 Å². The van der Waals surface area contributed by atoms with Crippen molar-refractivity contribution in [1.82, 2.24) is 4.98 Å². The highest BCUT2D eigenvalue weighted by Crippen LogP contribution is 2.29. The van der Waals surface area contributed by atoms with Gasteiger partial charge in [-0.2, -0.15) is 5.10 Å². The quantitative estimate of drug-likeness (QED) is 0.344. The highest BCUT2D eigenvalue weighted by atomic mass is 35.5. The first-order valence-corrected chi connectivity index (χ1v) is 9.66. The Bertz CT molecular complexity index is 956. The van der Waals surface area contributed by atoms with Gasteiger partial charge in [-0.15, -0.1) is 11.3 Å². The molecule has 0 saturated heterocycles. The van der Waals surface area contributed by atoms with Crippen molar-refractivity contribution in [3.63, 3.8) is 0 Å². The smallest absolute Gasteiger partial charge is 0.311 e. The highest BCUT2D eigenvalue weighted by molar-refractivity contribution is 7.13. The number of benzene rings is 2. The van der Waals surface area contributed by atoms with Crippen molar-refractivity contribution in [3.05, 3.63) is 70.2 Å². The lowest BCUT2D eigenvalue weighted by molar-refractivity contribution is -0.142. The number of hydrazone groups is 1. The average molecular weight is 400 g/mol. The fourth-order valence-electron chi connectivity index (χ4n) is 2.49. The van der Waals surface area contributed by atoms with Gasteiger partial charge in [0.2, 0.25) is 5.13 Å². The van der Waals surface area contributed by atoms with E-state index in [2.05, 4.69) is 15.5 Å². The van der Waals surface area contributed by atoms with Crippen LogP contribution in [0.3, 0.4) is 0 Å². The van der Waals surface area contributed by atoms with E-state index in [1.54, 1.807) is 13.1 Å². The van der Waals surface area contributed by atoms with E-state index in [4.69, 9.17) is 16.3 Å². The molecule has 0 bridgehead atoms. The highest BCUT2D eigenvalue weighted by Gasteiger charge is 2.08. The lowest BCUT2D eigenvalue weighted by Crippen LogP contribution is -2.07. The zero-order valence-corrected chi connectivity index (χ0v) is 16.3. The number of ether oxygens (including phenoxy) is 1. The Morgan fingerprint density at radius 2 is 1.96 bits per heavy atom. The van der Waals surface area contributed by atoms with Gasteiger partial charge in [0.05, 0.1) is 24.9 Å². The Morgan fingerprint density at radius 3 is 2.74 bits per heavy atom. The van der Waals surface area contributed by atoms with Crippen LogP contribution in [0.5, 0.6) is 0 Å². The molecule has 3 aromatic rings. The minimum absolute atomic E-state index is 0.158. The molecule has 5 nitrogen and oxygen atoms in total. The van der Waals surface area contributed by atoms with Gasteiger partial charge in [-0.05, 0) is 18.6 Å². The maximum absolute atomic E-state index is 11.5. The molecule has 138 valence electrons. The van der Waals surface area contributed by atoms with Crippen LogP contribution in [-0.2, 0) is 16.0 Å². The third kappa shape index (κ3) is 5.15. The molecular formula is C20H18ClN3O2S. The van der Waals surface area contributed by atoms with Gasteiger partial charge < -0.3 is 4.74 Å². The number of hydrogen-bond acceptors (Lipinski definition) is 6. The topological polar surface area (TPSA) is 63.6 Å². The number of carbonyl (C=O) groups is 1. The molecule has 0 fully saturated rings. The molecule has 0 unspecified atom stereocenters. The first kappa shape index (κ1) is 19.1. The fourth-order valence-corrected chi connectivity index (χ4v) is 3.39. The van der Waals surface area contributed by atoms with Crippen molar-refractivity contribution < 1.29 is 9.53 Å². The first-order valence-electron chi connectivity index (χ1n) is 8.40. The van der Waals surface area contributed by atoms with Gasteiger partial charge in [0.25, 0.3) is 0 Å². The molecule has 0 spiro atoms. The standard InChI is InChI=1S/C20H18ClN3O2S/c1-2-26-19(25)11-15-13-27-20(23-15)24-22-12-14-7-3-4-8-16(14)17-9-5-6-10-18(17)21/h3-10,12-13H,2,11H2,1H3,(H,23,24). The third-order valence-corrected chi connectivity index (χ3v) is 4.80. The second kappa shape index (κ2) is 9.30. The number of aromatic nitrogens is 1. The van der Waals surface area contributed by atoms with Crippen LogP contribution < -0.4 is 5.43 Å². The predicted octanol–water partition coefficient (Wildman–Crippen LogP) is 5.02. The molecule has 0 aliphatic heterocycles. The Kier molecular flexibility index (Phi) is 6.57. The molecule has 1 N–H and O–H groups in total. The largest absolute Gasteiger partial charge is 0.466 e. The van der Waals surface area contributed by atoms with Crippen LogP contribution in [0.1, 0.15) is 18.2 Å². The summed E-state index contributed by atoms with van der Waals surface area (Å²) in [6, 6.07) is 15.6. The van der Waals surface area contributed by atoms with Gasteiger partial charge in [-0.25, -0.2) is 4.98 Å². The van der Waals surface area contributed by atoms with E-state index in [1.165, 1.54) is 11.3 Å². The number of hydrogen-bond donors (Lipinski definition) is 1. The Labute approximate surface area is 166 Å². The minimum Gasteiger partial charge on any atom is -0.466 e. The van der Waals surface area contributed by atoms with Crippen molar-refractivity contribution in [2.24, 2.45) is 5.10 Å². The summed E-state index contributed by atoms with van der Waals surface area (Å²) in [5, 5.41) is 7.38. The molecule has 27 heavy (non-hydrogen) atoms. The second-order valence-corrected chi connectivity index (χ2v) is 6.83. The van der Waals surface area contributed by atoms with Crippen molar-refractivity contribution in [2.75, 3.05) is 12.0 Å². The lowest BCUT2D eigenvalue weighted by Gasteiger charge is -2.07. The molecule has 3 rings (SSSR count). The fraction of sp³-hybridized carbons (Fsp3) is 0.150. The number of anilines is 1. The van der Waals surface area contributed by atoms with Crippen LogP contribution >= 0.6 is 22.9 Å².